The number of nitrogens with one attached hydrogen (secondary N) is 2. The predicted octanol–water partition coefficient (Wildman–Crippen LogP) is 2.53. The Kier molecular flexibility index (Phi) is 6.36. The molecule has 2 heterocycles. The fraction of sp³-hybridized carbons (Fsp3) is 0.421. The van der Waals surface area contributed by atoms with Gasteiger partial charge in [-0.1, -0.05) is 6.07 Å². The maximum atomic E-state index is 12.2. The lowest BCUT2D eigenvalue weighted by Crippen LogP contribution is -2.31. The number of nitro benzene ring substituents is 1. The van der Waals surface area contributed by atoms with Crippen molar-refractivity contribution in [1.82, 2.24) is 15.3 Å². The highest BCUT2D eigenvalue weighted by Gasteiger charge is 2.14. The minimum absolute atomic E-state index is 0.104. The zero-order valence-electron chi connectivity index (χ0n) is 15.9. The Bertz CT molecular complexity index is 851. The standard InChI is InChI=1S/C19H24N6O3/c1-14-22-17(13-18(23-14)24-10-3-2-4-11-24)20-8-9-21-19(26)15-6-5-7-16(12-15)25(27)28/h5-7,12-13H,2-4,8-11H2,1H3,(H,21,26)(H,20,22,23). The van der Waals surface area contributed by atoms with Crippen molar-refractivity contribution in [2.45, 2.75) is 26.2 Å². The van der Waals surface area contributed by atoms with E-state index in [1.54, 1.807) is 6.07 Å². The number of piperidine rings is 1. The first-order valence-corrected chi connectivity index (χ1v) is 9.40. The van der Waals surface area contributed by atoms with Gasteiger partial charge in [-0.05, 0) is 32.3 Å². The maximum absolute atomic E-state index is 12.2. The van der Waals surface area contributed by atoms with E-state index in [0.29, 0.717) is 18.9 Å². The van der Waals surface area contributed by atoms with Crippen LogP contribution in [0.1, 0.15) is 35.4 Å². The van der Waals surface area contributed by atoms with Crippen LogP contribution in [0.4, 0.5) is 17.3 Å². The normalized spacial score (nSPS) is 13.8. The number of amides is 1. The maximum Gasteiger partial charge on any atom is 0.270 e. The van der Waals surface area contributed by atoms with Crippen LogP contribution in [0, 0.1) is 17.0 Å². The number of nitrogens with zero attached hydrogens (tertiary/aromatic N) is 4. The average Bonchev–Trinajstić information content (AvgIpc) is 2.71. The lowest BCUT2D eigenvalue weighted by Gasteiger charge is -2.28. The Hall–Kier alpha value is -3.23. The van der Waals surface area contributed by atoms with Crippen molar-refractivity contribution in [3.63, 3.8) is 0 Å². The summed E-state index contributed by atoms with van der Waals surface area (Å²) in [5, 5.41) is 16.8. The topological polar surface area (TPSA) is 113 Å². The third-order valence-electron chi connectivity index (χ3n) is 4.54. The van der Waals surface area contributed by atoms with E-state index < -0.39 is 4.92 Å². The van der Waals surface area contributed by atoms with Crippen molar-refractivity contribution in [3.8, 4) is 0 Å². The molecule has 28 heavy (non-hydrogen) atoms. The highest BCUT2D eigenvalue weighted by atomic mass is 16.6. The molecule has 1 saturated heterocycles. The van der Waals surface area contributed by atoms with Crippen LogP contribution in [0.25, 0.3) is 0 Å². The number of hydrogen-bond donors (Lipinski definition) is 2. The number of rotatable bonds is 7. The summed E-state index contributed by atoms with van der Waals surface area (Å²) < 4.78 is 0. The van der Waals surface area contributed by atoms with Gasteiger partial charge in [0.15, 0.2) is 0 Å². The van der Waals surface area contributed by atoms with Gasteiger partial charge in [0.05, 0.1) is 4.92 Å². The zero-order chi connectivity index (χ0) is 19.9. The number of anilines is 2. The Labute approximate surface area is 163 Å². The quantitative estimate of drug-likeness (QED) is 0.428. The van der Waals surface area contributed by atoms with Gasteiger partial charge in [-0.25, -0.2) is 9.97 Å². The molecule has 1 aliphatic heterocycles. The smallest absolute Gasteiger partial charge is 0.270 e. The molecule has 0 bridgehead atoms. The van der Waals surface area contributed by atoms with Gasteiger partial charge in [0, 0.05) is 49.9 Å². The van der Waals surface area contributed by atoms with Crippen LogP contribution < -0.4 is 15.5 Å². The summed E-state index contributed by atoms with van der Waals surface area (Å²) in [7, 11) is 0. The number of carbonyl (C=O) groups excluding carboxylic acids is 1. The van der Waals surface area contributed by atoms with Gasteiger partial charge in [-0.2, -0.15) is 0 Å². The van der Waals surface area contributed by atoms with E-state index >= 15 is 0 Å². The molecule has 1 aliphatic rings. The Balaban J connectivity index is 1.52. The molecule has 2 N–H and O–H groups in total. The SMILES string of the molecule is Cc1nc(NCCNC(=O)c2cccc([N+](=O)[O-])c2)cc(N2CCCCC2)n1. The first-order valence-electron chi connectivity index (χ1n) is 9.40. The largest absolute Gasteiger partial charge is 0.368 e. The summed E-state index contributed by atoms with van der Waals surface area (Å²) in [4.78, 5) is 33.6. The molecule has 0 spiro atoms. The molecular weight excluding hydrogens is 360 g/mol. The van der Waals surface area contributed by atoms with Crippen molar-refractivity contribution in [2.24, 2.45) is 0 Å². The summed E-state index contributed by atoms with van der Waals surface area (Å²) >= 11 is 0. The Morgan fingerprint density at radius 1 is 1.18 bits per heavy atom. The van der Waals surface area contributed by atoms with E-state index in [1.807, 2.05) is 13.0 Å². The van der Waals surface area contributed by atoms with Gasteiger partial charge in [-0.15, -0.1) is 0 Å². The predicted molar refractivity (Wildman–Crippen MR) is 107 cm³/mol. The summed E-state index contributed by atoms with van der Waals surface area (Å²) in [6.07, 6.45) is 3.61. The van der Waals surface area contributed by atoms with E-state index in [-0.39, 0.29) is 17.2 Å². The second kappa shape index (κ2) is 9.12. The van der Waals surface area contributed by atoms with Crippen LogP contribution in [-0.2, 0) is 0 Å². The van der Waals surface area contributed by atoms with Crippen LogP contribution in [0.2, 0.25) is 0 Å². The van der Waals surface area contributed by atoms with Crippen LogP contribution in [0.3, 0.4) is 0 Å². The molecule has 0 unspecified atom stereocenters. The monoisotopic (exact) mass is 384 g/mol. The van der Waals surface area contributed by atoms with Crippen LogP contribution >= 0.6 is 0 Å². The van der Waals surface area contributed by atoms with Gasteiger partial charge in [0.1, 0.15) is 17.5 Å². The van der Waals surface area contributed by atoms with E-state index in [1.165, 1.54) is 37.5 Å². The lowest BCUT2D eigenvalue weighted by molar-refractivity contribution is -0.384. The second-order valence-corrected chi connectivity index (χ2v) is 6.70. The molecule has 148 valence electrons. The van der Waals surface area contributed by atoms with Gasteiger partial charge >= 0.3 is 0 Å². The fourth-order valence-corrected chi connectivity index (χ4v) is 3.16. The molecule has 1 aromatic heterocycles. The molecule has 0 aliphatic carbocycles. The number of non-ortho nitro benzene ring substituents is 1. The first-order chi connectivity index (χ1) is 13.5. The lowest BCUT2D eigenvalue weighted by atomic mass is 10.1. The summed E-state index contributed by atoms with van der Waals surface area (Å²) in [5.74, 6) is 2.00. The number of nitro groups is 1. The number of hydrogen-bond acceptors (Lipinski definition) is 7. The highest BCUT2D eigenvalue weighted by molar-refractivity contribution is 5.94. The average molecular weight is 384 g/mol. The van der Waals surface area contributed by atoms with E-state index in [0.717, 1.165) is 24.7 Å². The minimum atomic E-state index is -0.518. The molecule has 1 amide bonds. The number of aromatic nitrogens is 2. The molecule has 0 radical (unpaired) electrons. The van der Waals surface area contributed by atoms with E-state index in [2.05, 4.69) is 25.5 Å². The molecule has 0 saturated carbocycles. The zero-order valence-corrected chi connectivity index (χ0v) is 15.9. The molecule has 2 aromatic rings. The number of carbonyl (C=O) groups is 1. The molecule has 1 fully saturated rings. The van der Waals surface area contributed by atoms with Gasteiger partial charge < -0.3 is 15.5 Å². The van der Waals surface area contributed by atoms with E-state index in [4.69, 9.17) is 0 Å². The third-order valence-corrected chi connectivity index (χ3v) is 4.54. The van der Waals surface area contributed by atoms with Crippen molar-refractivity contribution in [2.75, 3.05) is 36.4 Å². The van der Waals surface area contributed by atoms with Crippen LogP contribution in [-0.4, -0.2) is 47.0 Å². The summed E-state index contributed by atoms with van der Waals surface area (Å²) in [5.41, 5.74) is 0.159. The van der Waals surface area contributed by atoms with Gasteiger partial charge in [-0.3, -0.25) is 14.9 Å². The first kappa shape index (κ1) is 19.5. The number of benzene rings is 1. The Morgan fingerprint density at radius 3 is 2.71 bits per heavy atom. The van der Waals surface area contributed by atoms with Crippen LogP contribution in [0.5, 0.6) is 0 Å². The number of aryl methyl sites for hydroxylation is 1. The summed E-state index contributed by atoms with van der Waals surface area (Å²) in [6, 6.07) is 7.60. The van der Waals surface area contributed by atoms with Gasteiger partial charge in [0.25, 0.3) is 11.6 Å². The third kappa shape index (κ3) is 5.15. The molecule has 0 atom stereocenters. The van der Waals surface area contributed by atoms with E-state index in [9.17, 15) is 14.9 Å². The molecular formula is C19H24N6O3. The highest BCUT2D eigenvalue weighted by Crippen LogP contribution is 2.20. The van der Waals surface area contributed by atoms with Crippen molar-refractivity contribution in [3.05, 3.63) is 51.8 Å². The van der Waals surface area contributed by atoms with Crippen molar-refractivity contribution >= 4 is 23.2 Å². The van der Waals surface area contributed by atoms with Crippen LogP contribution in [0.15, 0.2) is 30.3 Å². The molecule has 9 heteroatoms. The molecule has 9 nitrogen and oxygen atoms in total. The van der Waals surface area contributed by atoms with Crippen molar-refractivity contribution < 1.29 is 9.72 Å². The molecule has 3 rings (SSSR count). The second-order valence-electron chi connectivity index (χ2n) is 6.70. The Morgan fingerprint density at radius 2 is 1.96 bits per heavy atom. The van der Waals surface area contributed by atoms with Gasteiger partial charge in [0.2, 0.25) is 0 Å². The summed E-state index contributed by atoms with van der Waals surface area (Å²) in [6.45, 7) is 4.73. The fourth-order valence-electron chi connectivity index (χ4n) is 3.16. The minimum Gasteiger partial charge on any atom is -0.368 e. The molecule has 1 aromatic carbocycles. The van der Waals surface area contributed by atoms with Crippen molar-refractivity contribution in [1.29, 1.82) is 0 Å².